The summed E-state index contributed by atoms with van der Waals surface area (Å²) in [7, 11) is 1.40. The predicted molar refractivity (Wildman–Crippen MR) is 48.1 cm³/mol. The van der Waals surface area contributed by atoms with Crippen molar-refractivity contribution in [2.75, 3.05) is 7.11 Å². The minimum Gasteiger partial charge on any atom is -0.482 e. The SMILES string of the molecule is C=CCn1c(OC)cc(=O)[nH]c1=O. The Morgan fingerprint density at radius 1 is 1.69 bits per heavy atom. The molecule has 5 heteroatoms. The van der Waals surface area contributed by atoms with E-state index in [0.29, 0.717) is 6.54 Å². The van der Waals surface area contributed by atoms with Crippen molar-refractivity contribution in [2.24, 2.45) is 0 Å². The summed E-state index contributed by atoms with van der Waals surface area (Å²) in [6, 6.07) is 1.21. The van der Waals surface area contributed by atoms with E-state index in [4.69, 9.17) is 4.74 Å². The summed E-state index contributed by atoms with van der Waals surface area (Å²) in [6.07, 6.45) is 1.54. The van der Waals surface area contributed by atoms with Gasteiger partial charge in [0, 0.05) is 6.54 Å². The fraction of sp³-hybridized carbons (Fsp3) is 0.250. The van der Waals surface area contributed by atoms with Gasteiger partial charge in [-0.15, -0.1) is 6.58 Å². The van der Waals surface area contributed by atoms with Crippen molar-refractivity contribution >= 4 is 0 Å². The zero-order valence-corrected chi connectivity index (χ0v) is 7.24. The summed E-state index contributed by atoms with van der Waals surface area (Å²) < 4.78 is 6.13. The van der Waals surface area contributed by atoms with Crippen molar-refractivity contribution in [1.82, 2.24) is 9.55 Å². The summed E-state index contributed by atoms with van der Waals surface area (Å²) in [5.41, 5.74) is -0.966. The van der Waals surface area contributed by atoms with Crippen molar-refractivity contribution < 1.29 is 4.74 Å². The molecule has 0 aliphatic rings. The van der Waals surface area contributed by atoms with Gasteiger partial charge in [-0.25, -0.2) is 4.79 Å². The van der Waals surface area contributed by atoms with Gasteiger partial charge < -0.3 is 4.74 Å². The molecule has 0 saturated carbocycles. The summed E-state index contributed by atoms with van der Waals surface area (Å²) in [5, 5.41) is 0. The number of hydrogen-bond donors (Lipinski definition) is 1. The van der Waals surface area contributed by atoms with Gasteiger partial charge in [0.25, 0.3) is 5.56 Å². The summed E-state index contributed by atoms with van der Waals surface area (Å²) >= 11 is 0. The first-order valence-electron chi connectivity index (χ1n) is 3.68. The number of nitrogens with one attached hydrogen (secondary N) is 1. The van der Waals surface area contributed by atoms with Crippen LogP contribution >= 0.6 is 0 Å². The number of nitrogens with zero attached hydrogens (tertiary/aromatic N) is 1. The Bertz CT molecular complexity index is 416. The third-order valence-corrected chi connectivity index (χ3v) is 1.52. The molecule has 0 aliphatic carbocycles. The van der Waals surface area contributed by atoms with E-state index in [1.807, 2.05) is 0 Å². The van der Waals surface area contributed by atoms with Crippen LogP contribution in [-0.4, -0.2) is 16.7 Å². The molecule has 13 heavy (non-hydrogen) atoms. The number of hydrogen-bond acceptors (Lipinski definition) is 3. The maximum absolute atomic E-state index is 11.2. The monoisotopic (exact) mass is 182 g/mol. The Morgan fingerprint density at radius 3 is 2.92 bits per heavy atom. The first-order chi connectivity index (χ1) is 6.19. The molecule has 0 atom stereocenters. The molecule has 1 aromatic rings. The van der Waals surface area contributed by atoms with Gasteiger partial charge >= 0.3 is 5.69 Å². The van der Waals surface area contributed by atoms with Gasteiger partial charge in [-0.05, 0) is 0 Å². The predicted octanol–water partition coefficient (Wildman–Crippen LogP) is -0.269. The molecular formula is C8H10N2O3. The zero-order chi connectivity index (χ0) is 9.84. The Labute approximate surface area is 74.3 Å². The van der Waals surface area contributed by atoms with E-state index >= 15 is 0 Å². The number of aromatic amines is 1. The lowest BCUT2D eigenvalue weighted by molar-refractivity contribution is 0.367. The van der Waals surface area contributed by atoms with E-state index in [1.54, 1.807) is 6.08 Å². The summed E-state index contributed by atoms with van der Waals surface area (Å²) in [4.78, 5) is 24.2. The number of H-pyrrole nitrogens is 1. The summed E-state index contributed by atoms with van der Waals surface area (Å²) in [6.45, 7) is 3.79. The van der Waals surface area contributed by atoms with Crippen LogP contribution in [-0.2, 0) is 6.54 Å². The molecule has 0 amide bonds. The Morgan fingerprint density at radius 2 is 2.38 bits per heavy atom. The highest BCUT2D eigenvalue weighted by molar-refractivity contribution is 5.08. The topological polar surface area (TPSA) is 64.1 Å². The third kappa shape index (κ3) is 1.87. The van der Waals surface area contributed by atoms with Gasteiger partial charge in [-0.2, -0.15) is 0 Å². The average Bonchev–Trinajstić information content (AvgIpc) is 2.09. The number of ether oxygens (including phenoxy) is 1. The average molecular weight is 182 g/mol. The van der Waals surface area contributed by atoms with Crippen molar-refractivity contribution in [1.29, 1.82) is 0 Å². The van der Waals surface area contributed by atoms with E-state index in [-0.39, 0.29) is 5.88 Å². The van der Waals surface area contributed by atoms with Gasteiger partial charge in [0.1, 0.15) is 0 Å². The second-order valence-corrected chi connectivity index (χ2v) is 2.38. The lowest BCUT2D eigenvalue weighted by Gasteiger charge is -2.06. The molecule has 0 aliphatic heterocycles. The first kappa shape index (κ1) is 9.31. The molecule has 70 valence electrons. The van der Waals surface area contributed by atoms with Crippen molar-refractivity contribution in [3.05, 3.63) is 39.6 Å². The molecular weight excluding hydrogens is 172 g/mol. The Kier molecular flexibility index (Phi) is 2.69. The fourth-order valence-corrected chi connectivity index (χ4v) is 0.970. The lowest BCUT2D eigenvalue weighted by atomic mass is 10.5. The molecule has 1 N–H and O–H groups in total. The Balaban J connectivity index is 3.38. The smallest absolute Gasteiger partial charge is 0.331 e. The van der Waals surface area contributed by atoms with Crippen LogP contribution in [0.25, 0.3) is 0 Å². The molecule has 1 rings (SSSR count). The first-order valence-corrected chi connectivity index (χ1v) is 3.68. The van der Waals surface area contributed by atoms with E-state index in [9.17, 15) is 9.59 Å². The molecule has 0 fully saturated rings. The van der Waals surface area contributed by atoms with Crippen LogP contribution in [0.15, 0.2) is 28.3 Å². The van der Waals surface area contributed by atoms with Crippen molar-refractivity contribution in [2.45, 2.75) is 6.54 Å². The van der Waals surface area contributed by atoms with Gasteiger partial charge in [-0.3, -0.25) is 14.3 Å². The largest absolute Gasteiger partial charge is 0.482 e. The van der Waals surface area contributed by atoms with Crippen LogP contribution in [0.4, 0.5) is 0 Å². The van der Waals surface area contributed by atoms with Crippen LogP contribution in [0.5, 0.6) is 5.88 Å². The number of aromatic nitrogens is 2. The molecule has 5 nitrogen and oxygen atoms in total. The van der Waals surface area contributed by atoms with E-state index < -0.39 is 11.2 Å². The minimum atomic E-state index is -0.496. The molecule has 0 radical (unpaired) electrons. The zero-order valence-electron chi connectivity index (χ0n) is 7.24. The normalized spacial score (nSPS) is 9.62. The second-order valence-electron chi connectivity index (χ2n) is 2.38. The van der Waals surface area contributed by atoms with E-state index in [2.05, 4.69) is 11.6 Å². The standard InChI is InChI=1S/C8H10N2O3/c1-3-4-10-7(13-2)5-6(11)9-8(10)12/h3,5H,1,4H2,2H3,(H,9,11,12). The van der Waals surface area contributed by atoms with Crippen LogP contribution in [0.1, 0.15) is 0 Å². The highest BCUT2D eigenvalue weighted by atomic mass is 16.5. The fourth-order valence-electron chi connectivity index (χ4n) is 0.970. The lowest BCUT2D eigenvalue weighted by Crippen LogP contribution is -2.29. The second kappa shape index (κ2) is 3.75. The third-order valence-electron chi connectivity index (χ3n) is 1.52. The molecule has 0 aromatic carbocycles. The summed E-state index contributed by atoms with van der Waals surface area (Å²) in [5.74, 6) is 0.230. The van der Waals surface area contributed by atoms with Gasteiger partial charge in [0.2, 0.25) is 5.88 Å². The van der Waals surface area contributed by atoms with Gasteiger partial charge in [0.15, 0.2) is 0 Å². The number of allylic oxidation sites excluding steroid dienone is 1. The van der Waals surface area contributed by atoms with Crippen LogP contribution in [0, 0.1) is 0 Å². The van der Waals surface area contributed by atoms with E-state index in [0.717, 1.165) is 0 Å². The Hall–Kier alpha value is -1.78. The van der Waals surface area contributed by atoms with Crippen molar-refractivity contribution in [3.63, 3.8) is 0 Å². The highest BCUT2D eigenvalue weighted by Gasteiger charge is 2.03. The molecule has 0 unspecified atom stereocenters. The van der Waals surface area contributed by atoms with Gasteiger partial charge in [0.05, 0.1) is 13.2 Å². The highest BCUT2D eigenvalue weighted by Crippen LogP contribution is 2.01. The maximum Gasteiger partial charge on any atom is 0.331 e. The molecule has 1 aromatic heterocycles. The van der Waals surface area contributed by atoms with Gasteiger partial charge in [-0.1, -0.05) is 6.08 Å². The number of methoxy groups -OCH3 is 1. The van der Waals surface area contributed by atoms with Crippen LogP contribution in [0.2, 0.25) is 0 Å². The molecule has 0 saturated heterocycles. The molecule has 0 bridgehead atoms. The van der Waals surface area contributed by atoms with Crippen LogP contribution < -0.4 is 16.0 Å². The molecule has 0 spiro atoms. The van der Waals surface area contributed by atoms with E-state index in [1.165, 1.54) is 17.7 Å². The minimum absolute atomic E-state index is 0.230. The molecule has 1 heterocycles. The maximum atomic E-state index is 11.2. The number of rotatable bonds is 3. The quantitative estimate of drug-likeness (QED) is 0.654. The van der Waals surface area contributed by atoms with Crippen LogP contribution in [0.3, 0.4) is 0 Å². The van der Waals surface area contributed by atoms with Crippen molar-refractivity contribution in [3.8, 4) is 5.88 Å².